The maximum Gasteiger partial charge on any atom is 0.275 e. The first-order valence-corrected chi connectivity index (χ1v) is 9.73. The van der Waals surface area contributed by atoms with Crippen LogP contribution in [0.4, 0.5) is 11.4 Å². The Morgan fingerprint density at radius 2 is 2.00 bits per heavy atom. The van der Waals surface area contributed by atoms with Gasteiger partial charge in [0.15, 0.2) is 0 Å². The van der Waals surface area contributed by atoms with Gasteiger partial charge in [-0.15, -0.1) is 11.3 Å². The Kier molecular flexibility index (Phi) is 4.33. The lowest BCUT2D eigenvalue weighted by atomic mass is 10.2. The molecule has 1 fully saturated rings. The summed E-state index contributed by atoms with van der Waals surface area (Å²) in [6.07, 6.45) is 1.50. The Bertz CT molecular complexity index is 901. The van der Waals surface area contributed by atoms with Crippen LogP contribution in [0.2, 0.25) is 0 Å². The summed E-state index contributed by atoms with van der Waals surface area (Å²) >= 11 is 3.06. The van der Waals surface area contributed by atoms with Crippen LogP contribution in [0.25, 0.3) is 10.6 Å². The van der Waals surface area contributed by atoms with Gasteiger partial charge in [0, 0.05) is 40.7 Å². The highest BCUT2D eigenvalue weighted by atomic mass is 32.1. The number of nitrogens with one attached hydrogen (secondary N) is 1. The number of carbonyl (C=O) groups excluding carboxylic acids is 2. The molecule has 126 valence electrons. The standard InChI is InChI=1S/C18H15N3O2S2/c22-16-2-1-8-21(16)14-5-3-13(4-6-14)19-17(23)15-11-25-18(20-15)12-7-9-24-10-12/h3-7,9-11H,1-2,8H2,(H,19,23). The van der Waals surface area contributed by atoms with Crippen molar-refractivity contribution in [2.24, 2.45) is 0 Å². The molecule has 5 nitrogen and oxygen atoms in total. The van der Waals surface area contributed by atoms with Crippen LogP contribution >= 0.6 is 22.7 Å². The molecule has 0 saturated carbocycles. The van der Waals surface area contributed by atoms with Gasteiger partial charge < -0.3 is 10.2 Å². The Labute approximate surface area is 152 Å². The molecule has 25 heavy (non-hydrogen) atoms. The van der Waals surface area contributed by atoms with E-state index in [4.69, 9.17) is 0 Å². The molecule has 1 N–H and O–H groups in total. The van der Waals surface area contributed by atoms with Crippen molar-refractivity contribution in [2.45, 2.75) is 12.8 Å². The van der Waals surface area contributed by atoms with Gasteiger partial charge in [-0.3, -0.25) is 9.59 Å². The maximum atomic E-state index is 12.4. The predicted molar refractivity (Wildman–Crippen MR) is 101 cm³/mol. The van der Waals surface area contributed by atoms with Crippen molar-refractivity contribution in [3.8, 4) is 10.6 Å². The van der Waals surface area contributed by atoms with Crippen molar-refractivity contribution in [1.29, 1.82) is 0 Å². The zero-order valence-electron chi connectivity index (χ0n) is 13.3. The second kappa shape index (κ2) is 6.78. The topological polar surface area (TPSA) is 62.3 Å². The molecule has 3 heterocycles. The Balaban J connectivity index is 1.45. The molecule has 2 aromatic heterocycles. The van der Waals surface area contributed by atoms with E-state index in [0.717, 1.165) is 29.2 Å². The summed E-state index contributed by atoms with van der Waals surface area (Å²) in [5.74, 6) is -0.0806. The van der Waals surface area contributed by atoms with E-state index in [-0.39, 0.29) is 11.8 Å². The highest BCUT2D eigenvalue weighted by Crippen LogP contribution is 2.26. The molecular formula is C18H15N3O2S2. The third-order valence-electron chi connectivity index (χ3n) is 4.02. The third kappa shape index (κ3) is 3.33. The van der Waals surface area contributed by atoms with Gasteiger partial charge in [0.25, 0.3) is 5.91 Å². The van der Waals surface area contributed by atoms with Crippen molar-refractivity contribution in [2.75, 3.05) is 16.8 Å². The van der Waals surface area contributed by atoms with Crippen LogP contribution in [0.3, 0.4) is 0 Å². The van der Waals surface area contributed by atoms with Gasteiger partial charge in [-0.25, -0.2) is 4.98 Å². The fourth-order valence-electron chi connectivity index (χ4n) is 2.74. The first-order chi connectivity index (χ1) is 12.2. The van der Waals surface area contributed by atoms with Crippen LogP contribution in [0, 0.1) is 0 Å². The molecule has 0 bridgehead atoms. The molecule has 0 spiro atoms. The number of benzene rings is 1. The normalized spacial score (nSPS) is 14.1. The van der Waals surface area contributed by atoms with E-state index in [1.807, 2.05) is 41.1 Å². The van der Waals surface area contributed by atoms with Crippen molar-refractivity contribution in [1.82, 2.24) is 4.98 Å². The smallest absolute Gasteiger partial charge is 0.275 e. The minimum Gasteiger partial charge on any atom is -0.321 e. The van der Waals surface area contributed by atoms with E-state index in [1.54, 1.807) is 21.6 Å². The largest absolute Gasteiger partial charge is 0.321 e. The molecule has 4 rings (SSSR count). The summed E-state index contributed by atoms with van der Waals surface area (Å²) in [5.41, 5.74) is 3.00. The van der Waals surface area contributed by atoms with Gasteiger partial charge in [-0.1, -0.05) is 0 Å². The van der Waals surface area contributed by atoms with E-state index in [0.29, 0.717) is 17.8 Å². The van der Waals surface area contributed by atoms with Gasteiger partial charge in [-0.05, 0) is 42.1 Å². The summed E-state index contributed by atoms with van der Waals surface area (Å²) in [4.78, 5) is 30.3. The average molecular weight is 369 g/mol. The number of amides is 2. The van der Waals surface area contributed by atoms with Crippen molar-refractivity contribution in [3.63, 3.8) is 0 Å². The molecule has 2 amide bonds. The van der Waals surface area contributed by atoms with E-state index in [1.165, 1.54) is 11.3 Å². The number of thiazole rings is 1. The molecular weight excluding hydrogens is 354 g/mol. The minimum absolute atomic E-state index is 0.153. The van der Waals surface area contributed by atoms with Crippen molar-refractivity contribution in [3.05, 3.63) is 52.2 Å². The van der Waals surface area contributed by atoms with E-state index in [2.05, 4.69) is 10.3 Å². The zero-order valence-corrected chi connectivity index (χ0v) is 14.9. The summed E-state index contributed by atoms with van der Waals surface area (Å²) in [6, 6.07) is 9.33. The molecule has 0 atom stereocenters. The number of carbonyl (C=O) groups is 2. The van der Waals surface area contributed by atoms with E-state index in [9.17, 15) is 9.59 Å². The fraction of sp³-hybridized carbons (Fsp3) is 0.167. The number of aromatic nitrogens is 1. The number of nitrogens with zero attached hydrogens (tertiary/aromatic N) is 2. The maximum absolute atomic E-state index is 12.4. The van der Waals surface area contributed by atoms with Crippen LogP contribution in [-0.4, -0.2) is 23.3 Å². The van der Waals surface area contributed by atoms with Crippen molar-refractivity contribution < 1.29 is 9.59 Å². The highest BCUT2D eigenvalue weighted by Gasteiger charge is 2.21. The van der Waals surface area contributed by atoms with Crippen molar-refractivity contribution >= 4 is 45.9 Å². The van der Waals surface area contributed by atoms with Crippen LogP contribution in [0.15, 0.2) is 46.5 Å². The predicted octanol–water partition coefficient (Wildman–Crippen LogP) is 4.25. The number of anilines is 2. The number of hydrogen-bond acceptors (Lipinski definition) is 5. The molecule has 1 aromatic carbocycles. The molecule has 0 radical (unpaired) electrons. The first-order valence-electron chi connectivity index (χ1n) is 7.90. The third-order valence-corrected chi connectivity index (χ3v) is 5.59. The lowest BCUT2D eigenvalue weighted by molar-refractivity contribution is -0.117. The van der Waals surface area contributed by atoms with Gasteiger partial charge >= 0.3 is 0 Å². The summed E-state index contributed by atoms with van der Waals surface area (Å²) in [5, 5.41) is 9.46. The molecule has 1 saturated heterocycles. The lowest BCUT2D eigenvalue weighted by Gasteiger charge is -2.16. The molecule has 3 aromatic rings. The minimum atomic E-state index is -0.234. The number of rotatable bonds is 4. The SMILES string of the molecule is O=C(Nc1ccc(N2CCCC2=O)cc1)c1csc(-c2ccsc2)n1. The second-order valence-corrected chi connectivity index (χ2v) is 7.34. The van der Waals surface area contributed by atoms with Crippen LogP contribution in [0.1, 0.15) is 23.3 Å². The van der Waals surface area contributed by atoms with Crippen LogP contribution in [-0.2, 0) is 4.79 Å². The monoisotopic (exact) mass is 369 g/mol. The number of thiophene rings is 1. The zero-order chi connectivity index (χ0) is 17.2. The summed E-state index contributed by atoms with van der Waals surface area (Å²) < 4.78 is 0. The first kappa shape index (κ1) is 16.0. The molecule has 0 unspecified atom stereocenters. The van der Waals surface area contributed by atoms with E-state index < -0.39 is 0 Å². The summed E-state index contributed by atoms with van der Waals surface area (Å²) in [7, 11) is 0. The number of hydrogen-bond donors (Lipinski definition) is 1. The van der Waals surface area contributed by atoms with Crippen LogP contribution in [0.5, 0.6) is 0 Å². The van der Waals surface area contributed by atoms with Gasteiger partial charge in [0.2, 0.25) is 5.91 Å². The fourth-order valence-corrected chi connectivity index (χ4v) is 4.25. The Morgan fingerprint density at radius 3 is 2.68 bits per heavy atom. The Morgan fingerprint density at radius 1 is 1.16 bits per heavy atom. The highest BCUT2D eigenvalue weighted by molar-refractivity contribution is 7.14. The quantitative estimate of drug-likeness (QED) is 0.748. The second-order valence-electron chi connectivity index (χ2n) is 5.70. The Hall–Kier alpha value is -2.51. The van der Waals surface area contributed by atoms with Gasteiger partial charge in [-0.2, -0.15) is 11.3 Å². The molecule has 0 aliphatic carbocycles. The van der Waals surface area contributed by atoms with E-state index >= 15 is 0 Å². The average Bonchev–Trinajstić information content (AvgIpc) is 3.36. The summed E-state index contributed by atoms with van der Waals surface area (Å²) in [6.45, 7) is 0.759. The lowest BCUT2D eigenvalue weighted by Crippen LogP contribution is -2.23. The van der Waals surface area contributed by atoms with Gasteiger partial charge in [0.1, 0.15) is 10.7 Å². The van der Waals surface area contributed by atoms with Crippen LogP contribution < -0.4 is 10.2 Å². The van der Waals surface area contributed by atoms with Gasteiger partial charge in [0.05, 0.1) is 0 Å². The molecule has 7 heteroatoms. The molecule has 1 aliphatic heterocycles. The molecule has 1 aliphatic rings.